The Kier molecular flexibility index (Phi) is 5.54. The largest absolute Gasteiger partial charge is 0.497 e. The first-order valence-corrected chi connectivity index (χ1v) is 8.07. The van der Waals surface area contributed by atoms with E-state index >= 15 is 0 Å². The zero-order valence-corrected chi connectivity index (χ0v) is 12.4. The normalized spacial score (nSPS) is 13.0. The first kappa shape index (κ1) is 15.7. The van der Waals surface area contributed by atoms with Crippen LogP contribution < -0.4 is 4.74 Å². The molecule has 0 fully saturated rings. The highest BCUT2D eigenvalue weighted by Gasteiger charge is 2.20. The fourth-order valence-corrected chi connectivity index (χ4v) is 3.46. The first-order valence-electron chi connectivity index (χ1n) is 6.25. The van der Waals surface area contributed by atoms with E-state index < -0.39 is 15.6 Å². The average Bonchev–Trinajstić information content (AvgIpc) is 2.37. The smallest absolute Gasteiger partial charge is 0.177 e. The summed E-state index contributed by atoms with van der Waals surface area (Å²) in [6.45, 7) is 3.81. The predicted molar refractivity (Wildman–Crippen MR) is 75.4 cm³/mol. The van der Waals surface area contributed by atoms with Gasteiger partial charge in [0.25, 0.3) is 0 Å². The second-order valence-corrected chi connectivity index (χ2v) is 6.83. The zero-order valence-electron chi connectivity index (χ0n) is 11.5. The number of hydrogen-bond acceptors (Lipinski definition) is 4. The van der Waals surface area contributed by atoms with Gasteiger partial charge in [-0.05, 0) is 30.2 Å². The summed E-state index contributed by atoms with van der Waals surface area (Å²) in [7, 11) is -1.80. The molecule has 0 aromatic heterocycles. The summed E-state index contributed by atoms with van der Waals surface area (Å²) in [5.41, 5.74) is 0.397. The monoisotopic (exact) mass is 284 g/mol. The van der Waals surface area contributed by atoms with Gasteiger partial charge < -0.3 is 4.74 Å². The summed E-state index contributed by atoms with van der Waals surface area (Å²) < 4.78 is 28.7. The van der Waals surface area contributed by atoms with Crippen LogP contribution in [0, 0.1) is 5.92 Å². The molecule has 0 aliphatic heterocycles. The molecule has 0 N–H and O–H groups in total. The lowest BCUT2D eigenvalue weighted by Gasteiger charge is -2.09. The van der Waals surface area contributed by atoms with Gasteiger partial charge in [-0.2, -0.15) is 0 Å². The molecule has 1 atom stereocenters. The number of sulfone groups is 1. The maximum absolute atomic E-state index is 11.9. The Hall–Kier alpha value is -1.36. The van der Waals surface area contributed by atoms with Crippen molar-refractivity contribution in [1.29, 1.82) is 0 Å². The van der Waals surface area contributed by atoms with Crippen LogP contribution in [0.1, 0.15) is 30.6 Å². The second-order valence-electron chi connectivity index (χ2n) is 4.72. The molecule has 0 saturated heterocycles. The van der Waals surface area contributed by atoms with E-state index in [4.69, 9.17) is 4.74 Å². The maximum atomic E-state index is 11.9. The van der Waals surface area contributed by atoms with E-state index in [-0.39, 0.29) is 17.5 Å². The molecule has 19 heavy (non-hydrogen) atoms. The number of methoxy groups -OCH3 is 1. The Morgan fingerprint density at radius 3 is 2.32 bits per heavy atom. The molecule has 1 aromatic rings. The highest BCUT2D eigenvalue weighted by Crippen LogP contribution is 2.13. The second kappa shape index (κ2) is 6.70. The van der Waals surface area contributed by atoms with Crippen molar-refractivity contribution in [2.24, 2.45) is 5.92 Å². The van der Waals surface area contributed by atoms with Gasteiger partial charge in [0.15, 0.2) is 15.6 Å². The van der Waals surface area contributed by atoms with E-state index in [0.29, 0.717) is 11.3 Å². The standard InChI is InChI=1S/C14H20O4S/c1-4-11(2)9-19(16,17)10-14(15)12-5-7-13(18-3)8-6-12/h5-8,11H,4,9-10H2,1-3H3. The molecule has 0 spiro atoms. The van der Waals surface area contributed by atoms with Crippen molar-refractivity contribution in [3.05, 3.63) is 29.8 Å². The molecule has 0 saturated carbocycles. The van der Waals surface area contributed by atoms with Gasteiger partial charge in [0.2, 0.25) is 0 Å². The van der Waals surface area contributed by atoms with Gasteiger partial charge in [0, 0.05) is 5.56 Å². The van der Waals surface area contributed by atoms with Gasteiger partial charge in [0.05, 0.1) is 12.9 Å². The van der Waals surface area contributed by atoms with E-state index in [1.807, 2.05) is 13.8 Å². The van der Waals surface area contributed by atoms with Crippen molar-refractivity contribution in [3.63, 3.8) is 0 Å². The van der Waals surface area contributed by atoms with E-state index in [1.165, 1.54) is 7.11 Å². The highest BCUT2D eigenvalue weighted by atomic mass is 32.2. The van der Waals surface area contributed by atoms with Crippen LogP contribution >= 0.6 is 0 Å². The number of ketones is 1. The lowest BCUT2D eigenvalue weighted by atomic mass is 10.1. The molecule has 0 aliphatic carbocycles. The van der Waals surface area contributed by atoms with E-state index in [0.717, 1.165) is 6.42 Å². The Balaban J connectivity index is 2.73. The number of hydrogen-bond donors (Lipinski definition) is 0. The lowest BCUT2D eigenvalue weighted by molar-refractivity contribution is 0.102. The minimum atomic E-state index is -3.34. The van der Waals surface area contributed by atoms with Gasteiger partial charge in [-0.3, -0.25) is 4.79 Å². The molecule has 0 amide bonds. The number of Topliss-reactive ketones (excluding diaryl/α,β-unsaturated/α-hetero) is 1. The molecule has 0 bridgehead atoms. The van der Waals surface area contributed by atoms with Crippen LogP contribution in [-0.4, -0.2) is 32.8 Å². The van der Waals surface area contributed by atoms with Gasteiger partial charge in [-0.1, -0.05) is 20.3 Å². The minimum Gasteiger partial charge on any atom is -0.497 e. The minimum absolute atomic E-state index is 0.0609. The van der Waals surface area contributed by atoms with Crippen LogP contribution in [0.25, 0.3) is 0 Å². The molecule has 0 heterocycles. The van der Waals surface area contributed by atoms with E-state index in [1.54, 1.807) is 24.3 Å². The molecule has 4 nitrogen and oxygen atoms in total. The fourth-order valence-electron chi connectivity index (χ4n) is 1.67. The van der Waals surface area contributed by atoms with Gasteiger partial charge in [-0.25, -0.2) is 8.42 Å². The molecule has 1 rings (SSSR count). The molecule has 106 valence electrons. The summed E-state index contributed by atoms with van der Waals surface area (Å²) >= 11 is 0. The van der Waals surface area contributed by atoms with Crippen molar-refractivity contribution in [2.45, 2.75) is 20.3 Å². The molecule has 5 heteroatoms. The molecular formula is C14H20O4S. The lowest BCUT2D eigenvalue weighted by Crippen LogP contribution is -2.22. The summed E-state index contributed by atoms with van der Waals surface area (Å²) in [4.78, 5) is 11.9. The van der Waals surface area contributed by atoms with Gasteiger partial charge >= 0.3 is 0 Å². The Morgan fingerprint density at radius 2 is 1.84 bits per heavy atom. The van der Waals surface area contributed by atoms with Crippen molar-refractivity contribution in [1.82, 2.24) is 0 Å². The van der Waals surface area contributed by atoms with Crippen molar-refractivity contribution >= 4 is 15.6 Å². The molecule has 1 aromatic carbocycles. The third kappa shape index (κ3) is 5.03. The maximum Gasteiger partial charge on any atom is 0.177 e. The van der Waals surface area contributed by atoms with Gasteiger partial charge in [0.1, 0.15) is 11.5 Å². The topological polar surface area (TPSA) is 60.4 Å². The molecule has 0 radical (unpaired) electrons. The Labute approximate surface area is 114 Å². The third-order valence-electron chi connectivity index (χ3n) is 3.00. The van der Waals surface area contributed by atoms with Crippen molar-refractivity contribution in [3.8, 4) is 5.75 Å². The van der Waals surface area contributed by atoms with Crippen LogP contribution in [0.2, 0.25) is 0 Å². The van der Waals surface area contributed by atoms with Crippen molar-refractivity contribution in [2.75, 3.05) is 18.6 Å². The Morgan fingerprint density at radius 1 is 1.26 bits per heavy atom. The van der Waals surface area contributed by atoms with Crippen LogP contribution in [0.5, 0.6) is 5.75 Å². The highest BCUT2D eigenvalue weighted by molar-refractivity contribution is 7.92. The average molecular weight is 284 g/mol. The SMILES string of the molecule is CCC(C)CS(=O)(=O)CC(=O)c1ccc(OC)cc1. The molecular weight excluding hydrogens is 264 g/mol. The zero-order chi connectivity index (χ0) is 14.5. The summed E-state index contributed by atoms with van der Waals surface area (Å²) in [6, 6.07) is 6.46. The Bertz CT molecular complexity index is 517. The quantitative estimate of drug-likeness (QED) is 0.721. The molecule has 0 aliphatic rings. The summed E-state index contributed by atoms with van der Waals surface area (Å²) in [6.07, 6.45) is 0.788. The van der Waals surface area contributed by atoms with Crippen LogP contribution in [0.3, 0.4) is 0 Å². The van der Waals surface area contributed by atoms with Crippen LogP contribution in [-0.2, 0) is 9.84 Å². The number of rotatable bonds is 7. The predicted octanol–water partition coefficient (Wildman–Crippen LogP) is 2.34. The van der Waals surface area contributed by atoms with Crippen LogP contribution in [0.15, 0.2) is 24.3 Å². The van der Waals surface area contributed by atoms with Gasteiger partial charge in [-0.15, -0.1) is 0 Å². The fraction of sp³-hybridized carbons (Fsp3) is 0.500. The van der Waals surface area contributed by atoms with E-state index in [2.05, 4.69) is 0 Å². The summed E-state index contributed by atoms with van der Waals surface area (Å²) in [5.74, 6) is -0.0200. The number of ether oxygens (including phenoxy) is 1. The molecule has 1 unspecified atom stereocenters. The number of carbonyl (C=O) groups is 1. The van der Waals surface area contributed by atoms with Crippen LogP contribution in [0.4, 0.5) is 0 Å². The third-order valence-corrected chi connectivity index (χ3v) is 4.78. The van der Waals surface area contributed by atoms with E-state index in [9.17, 15) is 13.2 Å². The summed E-state index contributed by atoms with van der Waals surface area (Å²) in [5, 5.41) is 0. The first-order chi connectivity index (χ1) is 8.88. The number of carbonyl (C=O) groups excluding carboxylic acids is 1. The number of benzene rings is 1. The van der Waals surface area contributed by atoms with Crippen molar-refractivity contribution < 1.29 is 17.9 Å².